The lowest BCUT2D eigenvalue weighted by Crippen LogP contribution is -2.02. The molecule has 0 radical (unpaired) electrons. The van der Waals surface area contributed by atoms with Crippen LogP contribution in [0.25, 0.3) is 27.9 Å². The largest absolute Gasteiger partial charge is 0.422 e. The summed E-state index contributed by atoms with van der Waals surface area (Å²) in [4.78, 5) is 21.3. The van der Waals surface area contributed by atoms with Gasteiger partial charge in [0, 0.05) is 21.4 Å². The zero-order valence-electron chi connectivity index (χ0n) is 12.5. The lowest BCUT2D eigenvalue weighted by Gasteiger charge is -2.00. The lowest BCUT2D eigenvalue weighted by molar-refractivity contribution is 0.563. The monoisotopic (exact) mass is 417 g/mol. The third-order valence-corrected chi connectivity index (χ3v) is 4.37. The molecule has 3 aromatic heterocycles. The van der Waals surface area contributed by atoms with Crippen molar-refractivity contribution in [3.8, 4) is 11.3 Å². The van der Waals surface area contributed by atoms with Crippen LogP contribution >= 0.6 is 22.6 Å². The summed E-state index contributed by atoms with van der Waals surface area (Å²) in [7, 11) is 0. The minimum Gasteiger partial charge on any atom is -0.422 e. The van der Waals surface area contributed by atoms with Crippen molar-refractivity contribution in [2.45, 2.75) is 13.8 Å². The highest BCUT2D eigenvalue weighted by Gasteiger charge is 2.13. The number of imidazole rings is 1. The Morgan fingerprint density at radius 2 is 1.96 bits per heavy atom. The molecule has 114 valence electrons. The van der Waals surface area contributed by atoms with Crippen LogP contribution in [0.2, 0.25) is 0 Å². The van der Waals surface area contributed by atoms with Gasteiger partial charge in [0.1, 0.15) is 5.58 Å². The first-order chi connectivity index (χ1) is 11.0. The van der Waals surface area contributed by atoms with Crippen LogP contribution in [-0.2, 0) is 0 Å². The fourth-order valence-corrected chi connectivity index (χ4v) is 3.16. The minimum atomic E-state index is -0.384. The molecular weight excluding hydrogens is 405 g/mol. The van der Waals surface area contributed by atoms with E-state index in [0.717, 1.165) is 26.0 Å². The van der Waals surface area contributed by atoms with Crippen LogP contribution in [-0.4, -0.2) is 14.4 Å². The number of rotatable bonds is 1. The quantitative estimate of drug-likeness (QED) is 0.350. The van der Waals surface area contributed by atoms with Crippen molar-refractivity contribution in [3.05, 3.63) is 62.0 Å². The Kier molecular flexibility index (Phi) is 3.22. The van der Waals surface area contributed by atoms with Crippen molar-refractivity contribution < 1.29 is 4.42 Å². The number of hydrogen-bond donors (Lipinski definition) is 0. The van der Waals surface area contributed by atoms with E-state index in [0.29, 0.717) is 16.8 Å². The third-order valence-electron chi connectivity index (χ3n) is 3.70. The van der Waals surface area contributed by atoms with Crippen LogP contribution in [0.3, 0.4) is 0 Å². The van der Waals surface area contributed by atoms with Gasteiger partial charge in [0.2, 0.25) is 0 Å². The fraction of sp³-hybridized carbons (Fsp3) is 0.118. The summed E-state index contributed by atoms with van der Waals surface area (Å²) in [5, 5.41) is 0.878. The van der Waals surface area contributed by atoms with Crippen molar-refractivity contribution in [2.24, 2.45) is 0 Å². The van der Waals surface area contributed by atoms with E-state index in [1.807, 2.05) is 54.9 Å². The highest BCUT2D eigenvalue weighted by molar-refractivity contribution is 14.1. The molecule has 0 saturated carbocycles. The molecule has 5 nitrogen and oxygen atoms in total. The van der Waals surface area contributed by atoms with Crippen molar-refractivity contribution in [3.63, 3.8) is 0 Å². The Balaban J connectivity index is 1.98. The second kappa shape index (κ2) is 5.16. The number of fused-ring (bicyclic) bond motifs is 2. The zero-order valence-corrected chi connectivity index (χ0v) is 14.7. The summed E-state index contributed by atoms with van der Waals surface area (Å²) in [6.45, 7) is 3.84. The summed E-state index contributed by atoms with van der Waals surface area (Å²) in [6, 6.07) is 7.60. The number of aryl methyl sites for hydroxylation is 2. The standard InChI is InChI=1S/C17H12IN3O2/c1-9-7-21-8-14(20-16(21)10(2)19-9)13-5-11-3-4-12(18)6-15(11)23-17(13)22/h3-8H,1-2H3. The zero-order chi connectivity index (χ0) is 16.1. The van der Waals surface area contributed by atoms with Crippen LogP contribution < -0.4 is 5.63 Å². The van der Waals surface area contributed by atoms with Gasteiger partial charge in [-0.25, -0.2) is 9.78 Å². The average molecular weight is 417 g/mol. The molecule has 0 amide bonds. The van der Waals surface area contributed by atoms with E-state index in [1.165, 1.54) is 0 Å². The summed E-state index contributed by atoms with van der Waals surface area (Å²) in [5.74, 6) is 0. The lowest BCUT2D eigenvalue weighted by atomic mass is 10.1. The smallest absolute Gasteiger partial charge is 0.345 e. The van der Waals surface area contributed by atoms with E-state index in [4.69, 9.17) is 4.42 Å². The molecule has 23 heavy (non-hydrogen) atoms. The maximum Gasteiger partial charge on any atom is 0.345 e. The van der Waals surface area contributed by atoms with Crippen LogP contribution in [0.1, 0.15) is 11.4 Å². The number of hydrogen-bond acceptors (Lipinski definition) is 4. The van der Waals surface area contributed by atoms with Crippen molar-refractivity contribution in [2.75, 3.05) is 0 Å². The third kappa shape index (κ3) is 2.42. The Bertz CT molecular complexity index is 1130. The highest BCUT2D eigenvalue weighted by Crippen LogP contribution is 2.23. The topological polar surface area (TPSA) is 60.4 Å². The molecule has 0 aliphatic carbocycles. The van der Waals surface area contributed by atoms with Crippen LogP contribution in [0.5, 0.6) is 0 Å². The first-order valence-electron chi connectivity index (χ1n) is 7.08. The molecule has 0 saturated heterocycles. The van der Waals surface area contributed by atoms with Gasteiger partial charge in [0.15, 0.2) is 5.65 Å². The van der Waals surface area contributed by atoms with Gasteiger partial charge < -0.3 is 8.82 Å². The maximum absolute atomic E-state index is 12.3. The van der Waals surface area contributed by atoms with Crippen molar-refractivity contribution in [1.29, 1.82) is 0 Å². The predicted octanol–water partition coefficient (Wildman–Crippen LogP) is 3.72. The van der Waals surface area contributed by atoms with E-state index in [9.17, 15) is 4.79 Å². The molecule has 6 heteroatoms. The molecule has 0 spiro atoms. The first kappa shape index (κ1) is 14.4. The maximum atomic E-state index is 12.3. The van der Waals surface area contributed by atoms with Gasteiger partial charge in [0.25, 0.3) is 0 Å². The van der Waals surface area contributed by atoms with Gasteiger partial charge in [-0.3, -0.25) is 4.98 Å². The minimum absolute atomic E-state index is 0.384. The SMILES string of the molecule is Cc1cn2cc(-c3cc4ccc(I)cc4oc3=O)nc2c(C)n1. The second-order valence-corrected chi connectivity index (χ2v) is 6.70. The average Bonchev–Trinajstić information content (AvgIpc) is 2.90. The van der Waals surface area contributed by atoms with Crippen LogP contribution in [0.15, 0.2) is 45.9 Å². The Hall–Kier alpha value is -2.22. The molecule has 0 aliphatic heterocycles. The van der Waals surface area contributed by atoms with Gasteiger partial charge in [-0.2, -0.15) is 0 Å². The number of benzene rings is 1. The van der Waals surface area contributed by atoms with Gasteiger partial charge in [-0.05, 0) is 54.6 Å². The molecule has 0 N–H and O–H groups in total. The van der Waals surface area contributed by atoms with E-state index in [2.05, 4.69) is 32.6 Å². The summed E-state index contributed by atoms with van der Waals surface area (Å²) >= 11 is 2.19. The van der Waals surface area contributed by atoms with Crippen molar-refractivity contribution >= 4 is 39.2 Å². The van der Waals surface area contributed by atoms with E-state index >= 15 is 0 Å². The normalized spacial score (nSPS) is 11.4. The molecule has 4 aromatic rings. The molecule has 0 aliphatic rings. The Labute approximate surface area is 145 Å². The molecule has 0 unspecified atom stereocenters. The second-order valence-electron chi connectivity index (χ2n) is 5.45. The van der Waals surface area contributed by atoms with Gasteiger partial charge in [-0.1, -0.05) is 6.07 Å². The number of halogens is 1. The van der Waals surface area contributed by atoms with Crippen LogP contribution in [0, 0.1) is 17.4 Å². The first-order valence-corrected chi connectivity index (χ1v) is 8.16. The predicted molar refractivity (Wildman–Crippen MR) is 96.7 cm³/mol. The number of aromatic nitrogens is 3. The van der Waals surface area contributed by atoms with E-state index < -0.39 is 0 Å². The molecule has 0 bridgehead atoms. The number of nitrogens with zero attached hydrogens (tertiary/aromatic N) is 3. The Morgan fingerprint density at radius 1 is 1.13 bits per heavy atom. The molecule has 0 fully saturated rings. The van der Waals surface area contributed by atoms with Crippen LogP contribution in [0.4, 0.5) is 0 Å². The summed E-state index contributed by atoms with van der Waals surface area (Å²) in [5.41, 5.74) is 3.73. The van der Waals surface area contributed by atoms with E-state index in [-0.39, 0.29) is 5.63 Å². The van der Waals surface area contributed by atoms with Crippen molar-refractivity contribution in [1.82, 2.24) is 14.4 Å². The molecule has 4 rings (SSSR count). The summed E-state index contributed by atoms with van der Waals surface area (Å²) in [6.07, 6.45) is 3.73. The highest BCUT2D eigenvalue weighted by atomic mass is 127. The summed E-state index contributed by atoms with van der Waals surface area (Å²) < 4.78 is 8.37. The Morgan fingerprint density at radius 3 is 2.78 bits per heavy atom. The molecular formula is C17H12IN3O2. The van der Waals surface area contributed by atoms with E-state index in [1.54, 1.807) is 0 Å². The molecule has 0 atom stereocenters. The van der Waals surface area contributed by atoms with Gasteiger partial charge in [-0.15, -0.1) is 0 Å². The fourth-order valence-electron chi connectivity index (χ4n) is 2.70. The molecule has 1 aromatic carbocycles. The van der Waals surface area contributed by atoms with Gasteiger partial charge in [0.05, 0.1) is 22.6 Å². The van der Waals surface area contributed by atoms with Gasteiger partial charge >= 0.3 is 5.63 Å². The molecule has 3 heterocycles.